The van der Waals surface area contributed by atoms with Crippen molar-refractivity contribution < 1.29 is 24.2 Å². The van der Waals surface area contributed by atoms with Gasteiger partial charge >= 0.3 is 12.1 Å². The number of carboxylic acid groups (broad SMARTS) is 1. The summed E-state index contributed by atoms with van der Waals surface area (Å²) in [6.07, 6.45) is -0.550. The van der Waals surface area contributed by atoms with Crippen LogP contribution in [0.25, 0.3) is 11.1 Å². The lowest BCUT2D eigenvalue weighted by Crippen LogP contribution is -2.34. The third-order valence-electron chi connectivity index (χ3n) is 6.07. The number of alkyl carbamates (subject to hydrolysis) is 1. The van der Waals surface area contributed by atoms with Gasteiger partial charge < -0.3 is 20.5 Å². The number of amides is 2. The zero-order chi connectivity index (χ0) is 24.8. The molecule has 0 saturated carbocycles. The lowest BCUT2D eigenvalue weighted by molar-refractivity contribution is -0.137. The van der Waals surface area contributed by atoms with Gasteiger partial charge in [0.15, 0.2) is 0 Å². The molecule has 2 amide bonds. The Morgan fingerprint density at radius 1 is 0.971 bits per heavy atom. The van der Waals surface area contributed by atoms with Gasteiger partial charge in [-0.2, -0.15) is 0 Å². The maximum Gasteiger partial charge on any atom is 0.407 e. The Hall–Kier alpha value is -3.65. The van der Waals surface area contributed by atoms with E-state index in [1.165, 1.54) is 22.5 Å². The molecule has 0 aliphatic heterocycles. The van der Waals surface area contributed by atoms with Crippen LogP contribution in [0.15, 0.2) is 66.0 Å². The second kappa shape index (κ2) is 11.2. The normalized spacial score (nSPS) is 13.9. The van der Waals surface area contributed by atoms with Gasteiger partial charge in [-0.1, -0.05) is 61.5 Å². The SMILES string of the molecule is CC(CNC(=O)OCC1c2ccccc2-c2ccccc21)CC(=O)NC(CC(=O)O)c1cccs1. The minimum Gasteiger partial charge on any atom is -0.481 e. The van der Waals surface area contributed by atoms with Crippen LogP contribution >= 0.6 is 11.3 Å². The van der Waals surface area contributed by atoms with Gasteiger partial charge in [0, 0.05) is 23.8 Å². The highest BCUT2D eigenvalue weighted by Gasteiger charge is 2.29. The Morgan fingerprint density at radius 2 is 1.63 bits per heavy atom. The summed E-state index contributed by atoms with van der Waals surface area (Å²) in [5.41, 5.74) is 4.63. The average molecular weight is 493 g/mol. The molecule has 8 heteroatoms. The van der Waals surface area contributed by atoms with Crippen molar-refractivity contribution in [2.24, 2.45) is 5.92 Å². The first-order valence-electron chi connectivity index (χ1n) is 11.6. The van der Waals surface area contributed by atoms with Crippen molar-refractivity contribution in [3.05, 3.63) is 82.0 Å². The standard InChI is InChI=1S/C27H28N2O5S/c1-17(13-25(30)29-23(14-26(31)32)24-11-6-12-35-24)15-28-27(33)34-16-22-20-9-4-2-7-18(20)19-8-3-5-10-21(19)22/h2-12,17,22-23H,13-16H2,1H3,(H,28,33)(H,29,30)(H,31,32). The molecule has 2 aromatic carbocycles. The first-order valence-corrected chi connectivity index (χ1v) is 12.4. The Labute approximate surface area is 208 Å². The van der Waals surface area contributed by atoms with Crippen molar-refractivity contribution >= 4 is 29.3 Å². The van der Waals surface area contributed by atoms with E-state index in [0.29, 0.717) is 0 Å². The Bertz CT molecular complexity index is 1150. The lowest BCUT2D eigenvalue weighted by Gasteiger charge is -2.18. The summed E-state index contributed by atoms with van der Waals surface area (Å²) < 4.78 is 5.54. The number of fused-ring (bicyclic) bond motifs is 3. The van der Waals surface area contributed by atoms with Crippen molar-refractivity contribution in [2.75, 3.05) is 13.2 Å². The summed E-state index contributed by atoms with van der Waals surface area (Å²) >= 11 is 1.40. The molecule has 7 nitrogen and oxygen atoms in total. The number of carboxylic acids is 1. The smallest absolute Gasteiger partial charge is 0.407 e. The molecule has 2 atom stereocenters. The van der Waals surface area contributed by atoms with Crippen LogP contribution in [-0.4, -0.2) is 36.2 Å². The van der Waals surface area contributed by atoms with Crippen LogP contribution in [0, 0.1) is 5.92 Å². The summed E-state index contributed by atoms with van der Waals surface area (Å²) in [5, 5.41) is 16.5. The number of nitrogens with one attached hydrogen (secondary N) is 2. The first-order chi connectivity index (χ1) is 16.9. The number of carbonyl (C=O) groups excluding carboxylic acids is 2. The number of thiophene rings is 1. The minimum absolute atomic E-state index is 0.0141. The van der Waals surface area contributed by atoms with Gasteiger partial charge in [-0.15, -0.1) is 11.3 Å². The molecule has 3 N–H and O–H groups in total. The molecule has 182 valence electrons. The summed E-state index contributed by atoms with van der Waals surface area (Å²) in [7, 11) is 0. The Kier molecular flexibility index (Phi) is 7.82. The Balaban J connectivity index is 1.25. The van der Waals surface area contributed by atoms with Crippen LogP contribution < -0.4 is 10.6 Å². The van der Waals surface area contributed by atoms with Crippen molar-refractivity contribution in [1.29, 1.82) is 0 Å². The largest absolute Gasteiger partial charge is 0.481 e. The van der Waals surface area contributed by atoms with Gasteiger partial charge in [-0.3, -0.25) is 9.59 Å². The molecule has 1 aliphatic carbocycles. The van der Waals surface area contributed by atoms with Gasteiger partial charge in [-0.25, -0.2) is 4.79 Å². The monoisotopic (exact) mass is 492 g/mol. The number of ether oxygens (including phenoxy) is 1. The molecule has 4 rings (SSSR count). The molecule has 0 bridgehead atoms. The topological polar surface area (TPSA) is 105 Å². The van der Waals surface area contributed by atoms with Gasteiger partial charge in [0.1, 0.15) is 6.61 Å². The zero-order valence-electron chi connectivity index (χ0n) is 19.4. The van der Waals surface area contributed by atoms with E-state index in [9.17, 15) is 14.4 Å². The van der Waals surface area contributed by atoms with Crippen LogP contribution in [0.2, 0.25) is 0 Å². The summed E-state index contributed by atoms with van der Waals surface area (Å²) in [4.78, 5) is 36.8. The van der Waals surface area contributed by atoms with Crippen molar-refractivity contribution in [3.63, 3.8) is 0 Å². The third-order valence-corrected chi connectivity index (χ3v) is 7.06. The van der Waals surface area contributed by atoms with E-state index >= 15 is 0 Å². The third kappa shape index (κ3) is 6.08. The van der Waals surface area contributed by atoms with Gasteiger partial charge in [0.2, 0.25) is 5.91 Å². The molecule has 0 fully saturated rings. The molecular formula is C27H28N2O5S. The van der Waals surface area contributed by atoms with Crippen LogP contribution in [0.5, 0.6) is 0 Å². The van der Waals surface area contributed by atoms with E-state index in [1.54, 1.807) is 6.07 Å². The highest BCUT2D eigenvalue weighted by Crippen LogP contribution is 2.44. The van der Waals surface area contributed by atoms with E-state index in [2.05, 4.69) is 34.9 Å². The van der Waals surface area contributed by atoms with Gasteiger partial charge in [-0.05, 0) is 39.6 Å². The average Bonchev–Trinajstić information content (AvgIpc) is 3.48. The molecule has 35 heavy (non-hydrogen) atoms. The Morgan fingerprint density at radius 3 is 2.23 bits per heavy atom. The number of hydrogen-bond donors (Lipinski definition) is 3. The predicted octanol–water partition coefficient (Wildman–Crippen LogP) is 4.95. The minimum atomic E-state index is -0.978. The summed E-state index contributed by atoms with van der Waals surface area (Å²) in [6.45, 7) is 2.35. The fraction of sp³-hybridized carbons (Fsp3) is 0.296. The summed E-state index contributed by atoms with van der Waals surface area (Å²) in [5.74, 6) is -1.40. The molecule has 2 unspecified atom stereocenters. The molecule has 3 aromatic rings. The quantitative estimate of drug-likeness (QED) is 0.372. The van der Waals surface area contributed by atoms with Crippen molar-refractivity contribution in [2.45, 2.75) is 31.7 Å². The maximum atomic E-state index is 12.5. The number of benzene rings is 2. The van der Waals surface area contributed by atoms with Crippen LogP contribution in [-0.2, 0) is 14.3 Å². The van der Waals surface area contributed by atoms with Gasteiger partial charge in [0.25, 0.3) is 0 Å². The summed E-state index contributed by atoms with van der Waals surface area (Å²) in [6, 6.07) is 19.4. The van der Waals surface area contributed by atoms with Crippen molar-refractivity contribution in [1.82, 2.24) is 10.6 Å². The van der Waals surface area contributed by atoms with Crippen LogP contribution in [0.4, 0.5) is 4.79 Å². The fourth-order valence-electron chi connectivity index (χ4n) is 4.44. The highest BCUT2D eigenvalue weighted by molar-refractivity contribution is 7.10. The second-order valence-corrected chi connectivity index (χ2v) is 9.73. The first kappa shape index (κ1) is 24.5. The molecule has 0 saturated heterocycles. The number of aliphatic carboxylic acids is 1. The van der Waals surface area contributed by atoms with E-state index < -0.39 is 18.1 Å². The maximum absolute atomic E-state index is 12.5. The van der Waals surface area contributed by atoms with Crippen LogP contribution in [0.3, 0.4) is 0 Å². The second-order valence-electron chi connectivity index (χ2n) is 8.75. The predicted molar refractivity (Wildman–Crippen MR) is 134 cm³/mol. The van der Waals surface area contributed by atoms with E-state index in [4.69, 9.17) is 9.84 Å². The van der Waals surface area contributed by atoms with E-state index in [1.807, 2.05) is 42.6 Å². The van der Waals surface area contributed by atoms with Gasteiger partial charge in [0.05, 0.1) is 12.5 Å². The highest BCUT2D eigenvalue weighted by atomic mass is 32.1. The molecule has 1 heterocycles. The fourth-order valence-corrected chi connectivity index (χ4v) is 5.21. The molecular weight excluding hydrogens is 464 g/mol. The molecule has 1 aliphatic rings. The molecule has 1 aromatic heterocycles. The number of hydrogen-bond acceptors (Lipinski definition) is 5. The zero-order valence-corrected chi connectivity index (χ0v) is 20.2. The molecule has 0 spiro atoms. The molecule has 0 radical (unpaired) electrons. The number of carbonyl (C=O) groups is 3. The lowest BCUT2D eigenvalue weighted by atomic mass is 9.98. The van der Waals surface area contributed by atoms with E-state index in [-0.39, 0.29) is 43.7 Å². The number of rotatable bonds is 10. The van der Waals surface area contributed by atoms with E-state index in [0.717, 1.165) is 16.0 Å². The van der Waals surface area contributed by atoms with Crippen molar-refractivity contribution in [3.8, 4) is 11.1 Å². The van der Waals surface area contributed by atoms with Crippen LogP contribution in [0.1, 0.15) is 47.7 Å².